The fraction of sp³-hybridized carbons (Fsp3) is 0.286. The number of hydrogen-bond acceptors (Lipinski definition) is 6. The summed E-state index contributed by atoms with van der Waals surface area (Å²) in [6.45, 7) is 2.92. The summed E-state index contributed by atoms with van der Waals surface area (Å²) in [5.41, 5.74) is 1.08. The van der Waals surface area contributed by atoms with Crippen LogP contribution in [-0.4, -0.2) is 42.7 Å². The van der Waals surface area contributed by atoms with Crippen LogP contribution in [0.25, 0.3) is 10.8 Å². The maximum atomic E-state index is 4.62. The monoisotopic (exact) mass is 298 g/mol. The van der Waals surface area contributed by atoms with Gasteiger partial charge in [-0.3, -0.25) is 9.58 Å². The van der Waals surface area contributed by atoms with Gasteiger partial charge in [0.25, 0.3) is 0 Å². The van der Waals surface area contributed by atoms with E-state index in [4.69, 9.17) is 0 Å². The van der Waals surface area contributed by atoms with Crippen LogP contribution in [0.4, 0.5) is 0 Å². The molecule has 4 heterocycles. The molecule has 0 radical (unpaired) electrons. The van der Waals surface area contributed by atoms with Gasteiger partial charge >= 0.3 is 0 Å². The standard InChI is InChI=1S/C14H14N6S/c1-3-15-13(16-4-1)14-18-11(10-21-14)7-19-8-12(9-19)20-6-2-5-17-20/h1-6,10,12H,7-9H2. The van der Waals surface area contributed by atoms with E-state index in [2.05, 4.69) is 30.3 Å². The van der Waals surface area contributed by atoms with E-state index in [9.17, 15) is 0 Å². The second kappa shape index (κ2) is 5.34. The smallest absolute Gasteiger partial charge is 0.188 e. The molecule has 0 bridgehead atoms. The van der Waals surface area contributed by atoms with Crippen LogP contribution in [0.5, 0.6) is 0 Å². The van der Waals surface area contributed by atoms with Gasteiger partial charge in [0, 0.05) is 49.8 Å². The van der Waals surface area contributed by atoms with Crippen LogP contribution in [-0.2, 0) is 6.54 Å². The Kier molecular flexibility index (Phi) is 3.21. The van der Waals surface area contributed by atoms with Crippen LogP contribution in [0, 0.1) is 0 Å². The average Bonchev–Trinajstić information content (AvgIpc) is 3.15. The molecule has 3 aromatic rings. The Morgan fingerprint density at radius 3 is 2.76 bits per heavy atom. The lowest BCUT2D eigenvalue weighted by molar-refractivity contribution is 0.0898. The Labute approximate surface area is 126 Å². The summed E-state index contributed by atoms with van der Waals surface area (Å²) in [6, 6.07) is 4.28. The molecule has 1 saturated heterocycles. The molecule has 1 fully saturated rings. The first kappa shape index (κ1) is 12.6. The Morgan fingerprint density at radius 1 is 1.14 bits per heavy atom. The summed E-state index contributed by atoms with van der Waals surface area (Å²) < 4.78 is 2.03. The number of nitrogens with zero attached hydrogens (tertiary/aromatic N) is 6. The van der Waals surface area contributed by atoms with E-state index in [0.29, 0.717) is 11.9 Å². The first-order valence-electron chi connectivity index (χ1n) is 6.82. The van der Waals surface area contributed by atoms with Crippen LogP contribution >= 0.6 is 11.3 Å². The van der Waals surface area contributed by atoms with Gasteiger partial charge in [-0.25, -0.2) is 15.0 Å². The second-order valence-corrected chi connectivity index (χ2v) is 5.91. The second-order valence-electron chi connectivity index (χ2n) is 5.05. The predicted octanol–water partition coefficient (Wildman–Crippen LogP) is 1.85. The maximum Gasteiger partial charge on any atom is 0.188 e. The Bertz CT molecular complexity index is 702. The Morgan fingerprint density at radius 2 is 2.00 bits per heavy atom. The number of rotatable bonds is 4. The lowest BCUT2D eigenvalue weighted by atomic mass is 10.1. The SMILES string of the molecule is c1cnc(-c2nc(CN3CC(n4cccn4)C3)cs2)nc1. The highest BCUT2D eigenvalue weighted by atomic mass is 32.1. The minimum atomic E-state index is 0.496. The van der Waals surface area contributed by atoms with Crippen LogP contribution in [0.15, 0.2) is 42.3 Å². The van der Waals surface area contributed by atoms with Crippen molar-refractivity contribution in [1.29, 1.82) is 0 Å². The zero-order valence-corrected chi connectivity index (χ0v) is 12.1. The normalized spacial score (nSPS) is 16.0. The third-order valence-corrected chi connectivity index (χ3v) is 4.42. The van der Waals surface area contributed by atoms with Crippen molar-refractivity contribution in [2.45, 2.75) is 12.6 Å². The van der Waals surface area contributed by atoms with E-state index in [1.165, 1.54) is 0 Å². The topological polar surface area (TPSA) is 59.7 Å². The van der Waals surface area contributed by atoms with Gasteiger partial charge in [0.15, 0.2) is 10.8 Å². The van der Waals surface area contributed by atoms with E-state index < -0.39 is 0 Å². The van der Waals surface area contributed by atoms with Crippen molar-refractivity contribution in [3.8, 4) is 10.8 Å². The zero-order valence-electron chi connectivity index (χ0n) is 11.3. The fourth-order valence-corrected chi connectivity index (χ4v) is 3.21. The van der Waals surface area contributed by atoms with E-state index in [-0.39, 0.29) is 0 Å². The molecule has 1 aliphatic heterocycles. The minimum absolute atomic E-state index is 0.496. The number of aromatic nitrogens is 5. The molecule has 0 saturated carbocycles. The first-order chi connectivity index (χ1) is 10.4. The summed E-state index contributed by atoms with van der Waals surface area (Å²) in [6.07, 6.45) is 7.34. The summed E-state index contributed by atoms with van der Waals surface area (Å²) in [4.78, 5) is 15.5. The van der Waals surface area contributed by atoms with Crippen molar-refractivity contribution < 1.29 is 0 Å². The van der Waals surface area contributed by atoms with Crippen molar-refractivity contribution in [2.24, 2.45) is 0 Å². The average molecular weight is 298 g/mol. The molecule has 7 heteroatoms. The highest BCUT2D eigenvalue weighted by Crippen LogP contribution is 2.25. The number of hydrogen-bond donors (Lipinski definition) is 0. The number of likely N-dealkylation sites (tertiary alicyclic amines) is 1. The third kappa shape index (κ3) is 2.57. The van der Waals surface area contributed by atoms with E-state index in [0.717, 1.165) is 30.3 Å². The Balaban J connectivity index is 1.38. The molecular formula is C14H14N6S. The highest BCUT2D eigenvalue weighted by molar-refractivity contribution is 7.13. The third-order valence-electron chi connectivity index (χ3n) is 3.53. The molecule has 0 aromatic carbocycles. The van der Waals surface area contributed by atoms with Crippen molar-refractivity contribution in [1.82, 2.24) is 29.6 Å². The van der Waals surface area contributed by atoms with Crippen molar-refractivity contribution in [3.63, 3.8) is 0 Å². The molecule has 0 amide bonds. The summed E-state index contributed by atoms with van der Waals surface area (Å²) in [5, 5.41) is 7.26. The molecular weight excluding hydrogens is 284 g/mol. The maximum absolute atomic E-state index is 4.62. The minimum Gasteiger partial charge on any atom is -0.293 e. The molecule has 21 heavy (non-hydrogen) atoms. The van der Waals surface area contributed by atoms with Gasteiger partial charge in [-0.1, -0.05) is 0 Å². The van der Waals surface area contributed by atoms with Crippen LogP contribution in [0.2, 0.25) is 0 Å². The van der Waals surface area contributed by atoms with E-state index >= 15 is 0 Å². The summed E-state index contributed by atoms with van der Waals surface area (Å²) in [5.74, 6) is 0.701. The largest absolute Gasteiger partial charge is 0.293 e. The molecule has 106 valence electrons. The molecule has 1 aliphatic rings. The quantitative estimate of drug-likeness (QED) is 0.735. The molecule has 0 atom stereocenters. The lowest BCUT2D eigenvalue weighted by Crippen LogP contribution is -2.47. The van der Waals surface area contributed by atoms with E-state index in [1.54, 1.807) is 23.7 Å². The Hall–Kier alpha value is -2.12. The van der Waals surface area contributed by atoms with Crippen LogP contribution < -0.4 is 0 Å². The summed E-state index contributed by atoms with van der Waals surface area (Å²) in [7, 11) is 0. The van der Waals surface area contributed by atoms with Gasteiger partial charge in [-0.2, -0.15) is 5.10 Å². The van der Waals surface area contributed by atoms with Gasteiger partial charge in [0.2, 0.25) is 0 Å². The number of thiazole rings is 1. The molecule has 0 N–H and O–H groups in total. The zero-order chi connectivity index (χ0) is 14.1. The van der Waals surface area contributed by atoms with Gasteiger partial charge < -0.3 is 0 Å². The molecule has 0 unspecified atom stereocenters. The van der Waals surface area contributed by atoms with Crippen LogP contribution in [0.3, 0.4) is 0 Å². The van der Waals surface area contributed by atoms with Gasteiger partial charge in [-0.05, 0) is 12.1 Å². The van der Waals surface area contributed by atoms with Crippen LogP contribution in [0.1, 0.15) is 11.7 Å². The molecule has 6 nitrogen and oxygen atoms in total. The lowest BCUT2D eigenvalue weighted by Gasteiger charge is -2.38. The van der Waals surface area contributed by atoms with Crippen molar-refractivity contribution in [3.05, 3.63) is 48.0 Å². The molecule has 0 spiro atoms. The highest BCUT2D eigenvalue weighted by Gasteiger charge is 2.28. The van der Waals surface area contributed by atoms with Crippen molar-refractivity contribution in [2.75, 3.05) is 13.1 Å². The van der Waals surface area contributed by atoms with Gasteiger partial charge in [-0.15, -0.1) is 11.3 Å². The molecule has 3 aromatic heterocycles. The van der Waals surface area contributed by atoms with Gasteiger partial charge in [0.05, 0.1) is 11.7 Å². The first-order valence-corrected chi connectivity index (χ1v) is 7.70. The van der Waals surface area contributed by atoms with Gasteiger partial charge in [0.1, 0.15) is 0 Å². The molecule has 0 aliphatic carbocycles. The summed E-state index contributed by atoms with van der Waals surface area (Å²) >= 11 is 1.60. The molecule has 4 rings (SSSR count). The predicted molar refractivity (Wildman–Crippen MR) is 79.7 cm³/mol. The van der Waals surface area contributed by atoms with Crippen molar-refractivity contribution >= 4 is 11.3 Å². The van der Waals surface area contributed by atoms with E-state index in [1.807, 2.05) is 29.2 Å². The fourth-order valence-electron chi connectivity index (χ4n) is 2.46.